The van der Waals surface area contributed by atoms with Crippen LogP contribution in [-0.2, 0) is 11.3 Å². The van der Waals surface area contributed by atoms with Gasteiger partial charge in [-0.25, -0.2) is 0 Å². The second-order valence-electron chi connectivity index (χ2n) is 4.74. The van der Waals surface area contributed by atoms with E-state index in [2.05, 4.69) is 21.7 Å². The van der Waals surface area contributed by atoms with E-state index in [1.54, 1.807) is 11.3 Å². The zero-order chi connectivity index (χ0) is 12.3. The van der Waals surface area contributed by atoms with Gasteiger partial charge < -0.3 is 10.2 Å². The van der Waals surface area contributed by atoms with Crippen molar-refractivity contribution in [2.24, 2.45) is 5.92 Å². The number of carbonyl (C=O) groups is 1. The maximum atomic E-state index is 12.3. The molecule has 4 heteroatoms. The van der Waals surface area contributed by atoms with Crippen molar-refractivity contribution in [1.82, 2.24) is 10.2 Å². The Hall–Kier alpha value is -0.870. The molecular weight excluding hydrogens is 232 g/mol. The standard InChI is InChI=1S/C13H20N2OS/c1-10(8-14-2)13(16)15(11-5-6-11)9-12-4-3-7-17-12/h3-4,7,10-11,14H,5-6,8-9H2,1-2H3. The summed E-state index contributed by atoms with van der Waals surface area (Å²) in [4.78, 5) is 15.7. The van der Waals surface area contributed by atoms with Gasteiger partial charge in [0.05, 0.1) is 6.54 Å². The number of rotatable bonds is 6. The fourth-order valence-corrected chi connectivity index (χ4v) is 2.72. The van der Waals surface area contributed by atoms with Gasteiger partial charge >= 0.3 is 0 Å². The summed E-state index contributed by atoms with van der Waals surface area (Å²) >= 11 is 1.73. The third kappa shape index (κ3) is 3.30. The summed E-state index contributed by atoms with van der Waals surface area (Å²) in [6, 6.07) is 4.65. The number of nitrogens with zero attached hydrogens (tertiary/aromatic N) is 1. The highest BCUT2D eigenvalue weighted by Gasteiger charge is 2.34. The van der Waals surface area contributed by atoms with E-state index in [0.29, 0.717) is 6.04 Å². The first-order valence-electron chi connectivity index (χ1n) is 6.20. The molecule has 1 saturated carbocycles. The van der Waals surface area contributed by atoms with Crippen LogP contribution in [0.3, 0.4) is 0 Å². The summed E-state index contributed by atoms with van der Waals surface area (Å²) in [5.41, 5.74) is 0. The monoisotopic (exact) mass is 252 g/mol. The van der Waals surface area contributed by atoms with Crippen molar-refractivity contribution in [3.63, 3.8) is 0 Å². The molecule has 0 saturated heterocycles. The lowest BCUT2D eigenvalue weighted by Gasteiger charge is -2.25. The van der Waals surface area contributed by atoms with Gasteiger partial charge in [-0.05, 0) is 31.3 Å². The Morgan fingerprint density at radius 2 is 2.41 bits per heavy atom. The molecule has 0 aliphatic heterocycles. The molecule has 1 aliphatic rings. The molecule has 1 heterocycles. The third-order valence-electron chi connectivity index (χ3n) is 3.11. The minimum atomic E-state index is 0.0700. The maximum Gasteiger partial charge on any atom is 0.227 e. The molecule has 1 fully saturated rings. The molecule has 1 aromatic heterocycles. The molecule has 0 bridgehead atoms. The van der Waals surface area contributed by atoms with Gasteiger partial charge in [0.1, 0.15) is 0 Å². The highest BCUT2D eigenvalue weighted by molar-refractivity contribution is 7.09. The maximum absolute atomic E-state index is 12.3. The van der Waals surface area contributed by atoms with Gasteiger partial charge in [0.15, 0.2) is 0 Å². The van der Waals surface area contributed by atoms with Crippen molar-refractivity contribution >= 4 is 17.2 Å². The second-order valence-corrected chi connectivity index (χ2v) is 5.77. The van der Waals surface area contributed by atoms with E-state index < -0.39 is 0 Å². The fraction of sp³-hybridized carbons (Fsp3) is 0.615. The molecular formula is C13H20N2OS. The van der Waals surface area contributed by atoms with Crippen molar-refractivity contribution in [2.45, 2.75) is 32.4 Å². The summed E-state index contributed by atoms with van der Waals surface area (Å²) in [6.07, 6.45) is 2.34. The molecule has 0 radical (unpaired) electrons. The van der Waals surface area contributed by atoms with Crippen LogP contribution in [-0.4, -0.2) is 30.4 Å². The van der Waals surface area contributed by atoms with Crippen LogP contribution < -0.4 is 5.32 Å². The number of thiophene rings is 1. The SMILES string of the molecule is CNCC(C)C(=O)N(Cc1cccs1)C1CC1. The molecule has 1 N–H and O–H groups in total. The predicted molar refractivity (Wildman–Crippen MR) is 71.0 cm³/mol. The van der Waals surface area contributed by atoms with Gasteiger partial charge in [0.2, 0.25) is 5.91 Å². The number of amides is 1. The molecule has 1 aliphatic carbocycles. The van der Waals surface area contributed by atoms with Crippen LogP contribution in [0.5, 0.6) is 0 Å². The number of hydrogen-bond acceptors (Lipinski definition) is 3. The van der Waals surface area contributed by atoms with E-state index in [-0.39, 0.29) is 11.8 Å². The molecule has 1 unspecified atom stereocenters. The van der Waals surface area contributed by atoms with Crippen LogP contribution in [0.25, 0.3) is 0 Å². The van der Waals surface area contributed by atoms with Crippen molar-refractivity contribution in [2.75, 3.05) is 13.6 Å². The zero-order valence-corrected chi connectivity index (χ0v) is 11.3. The quantitative estimate of drug-likeness (QED) is 0.841. The Balaban J connectivity index is 1.99. The van der Waals surface area contributed by atoms with Crippen LogP contribution in [0.1, 0.15) is 24.6 Å². The highest BCUT2D eigenvalue weighted by atomic mass is 32.1. The first-order chi connectivity index (χ1) is 8.22. The van der Waals surface area contributed by atoms with E-state index >= 15 is 0 Å². The van der Waals surface area contributed by atoms with Crippen LogP contribution in [0, 0.1) is 5.92 Å². The molecule has 3 nitrogen and oxygen atoms in total. The van der Waals surface area contributed by atoms with Gasteiger partial charge in [0, 0.05) is 23.4 Å². The molecule has 1 amide bonds. The minimum Gasteiger partial charge on any atom is -0.334 e. The molecule has 0 aromatic carbocycles. The number of carbonyl (C=O) groups excluding carboxylic acids is 1. The lowest BCUT2D eigenvalue weighted by Crippen LogP contribution is -2.39. The van der Waals surface area contributed by atoms with E-state index in [1.807, 2.05) is 20.0 Å². The van der Waals surface area contributed by atoms with E-state index in [1.165, 1.54) is 17.7 Å². The van der Waals surface area contributed by atoms with Crippen molar-refractivity contribution in [3.8, 4) is 0 Å². The van der Waals surface area contributed by atoms with Crippen molar-refractivity contribution in [1.29, 1.82) is 0 Å². The third-order valence-corrected chi connectivity index (χ3v) is 3.97. The fourth-order valence-electron chi connectivity index (χ4n) is 2.02. The Morgan fingerprint density at radius 1 is 1.65 bits per heavy atom. The minimum absolute atomic E-state index is 0.0700. The van der Waals surface area contributed by atoms with Crippen molar-refractivity contribution in [3.05, 3.63) is 22.4 Å². The van der Waals surface area contributed by atoms with E-state index in [0.717, 1.165) is 13.1 Å². The second kappa shape index (κ2) is 5.65. The smallest absolute Gasteiger partial charge is 0.227 e. The first kappa shape index (κ1) is 12.6. The molecule has 2 rings (SSSR count). The Morgan fingerprint density at radius 3 is 2.94 bits per heavy atom. The van der Waals surface area contributed by atoms with Gasteiger partial charge in [-0.15, -0.1) is 11.3 Å². The van der Waals surface area contributed by atoms with Gasteiger partial charge in [-0.2, -0.15) is 0 Å². The number of nitrogens with one attached hydrogen (secondary N) is 1. The predicted octanol–water partition coefficient (Wildman–Crippen LogP) is 2.09. The van der Waals surface area contributed by atoms with E-state index in [9.17, 15) is 4.79 Å². The molecule has 94 valence electrons. The van der Waals surface area contributed by atoms with Crippen LogP contribution >= 0.6 is 11.3 Å². The lowest BCUT2D eigenvalue weighted by atomic mass is 10.1. The van der Waals surface area contributed by atoms with Crippen molar-refractivity contribution < 1.29 is 4.79 Å². The first-order valence-corrected chi connectivity index (χ1v) is 7.07. The van der Waals surface area contributed by atoms with Crippen LogP contribution in [0.4, 0.5) is 0 Å². The topological polar surface area (TPSA) is 32.3 Å². The summed E-state index contributed by atoms with van der Waals surface area (Å²) in [5, 5.41) is 5.15. The van der Waals surface area contributed by atoms with Crippen LogP contribution in [0.2, 0.25) is 0 Å². The van der Waals surface area contributed by atoms with Gasteiger partial charge in [-0.3, -0.25) is 4.79 Å². The average molecular weight is 252 g/mol. The summed E-state index contributed by atoms with van der Waals surface area (Å²) in [7, 11) is 1.89. The zero-order valence-electron chi connectivity index (χ0n) is 10.5. The Kier molecular flexibility index (Phi) is 4.18. The van der Waals surface area contributed by atoms with Crippen LogP contribution in [0.15, 0.2) is 17.5 Å². The average Bonchev–Trinajstić information content (AvgIpc) is 3.03. The Labute approximate surface area is 107 Å². The number of hydrogen-bond donors (Lipinski definition) is 1. The Bertz CT molecular complexity index is 360. The molecule has 0 spiro atoms. The molecule has 1 atom stereocenters. The summed E-state index contributed by atoms with van der Waals surface area (Å²) < 4.78 is 0. The van der Waals surface area contributed by atoms with Gasteiger partial charge in [-0.1, -0.05) is 13.0 Å². The highest BCUT2D eigenvalue weighted by Crippen LogP contribution is 2.30. The van der Waals surface area contributed by atoms with Gasteiger partial charge in [0.25, 0.3) is 0 Å². The summed E-state index contributed by atoms with van der Waals surface area (Å²) in [6.45, 7) is 3.55. The molecule has 1 aromatic rings. The normalized spacial score (nSPS) is 16.8. The molecule has 17 heavy (non-hydrogen) atoms. The largest absolute Gasteiger partial charge is 0.334 e. The van der Waals surface area contributed by atoms with E-state index in [4.69, 9.17) is 0 Å². The lowest BCUT2D eigenvalue weighted by molar-refractivity contribution is -0.136. The summed E-state index contributed by atoms with van der Waals surface area (Å²) in [5.74, 6) is 0.357.